The molecule has 0 radical (unpaired) electrons. The minimum absolute atomic E-state index is 0.478. The fourth-order valence-electron chi connectivity index (χ4n) is 2.13. The van der Waals surface area contributed by atoms with Crippen LogP contribution in [0.2, 0.25) is 0 Å². The van der Waals surface area contributed by atoms with Crippen LogP contribution in [0.25, 0.3) is 0 Å². The SMILES string of the molecule is Cc1cccc(COc2cccc(CNc3nn[nH]n3)c2)c1. The number of anilines is 1. The van der Waals surface area contributed by atoms with E-state index in [4.69, 9.17) is 4.74 Å². The monoisotopic (exact) mass is 295 g/mol. The van der Waals surface area contributed by atoms with Gasteiger partial charge in [-0.05, 0) is 35.4 Å². The third kappa shape index (κ3) is 3.82. The smallest absolute Gasteiger partial charge is 0.263 e. The number of rotatable bonds is 6. The molecule has 22 heavy (non-hydrogen) atoms. The molecule has 6 heteroatoms. The number of aryl methyl sites for hydroxylation is 1. The Morgan fingerprint density at radius 2 is 1.95 bits per heavy atom. The van der Waals surface area contributed by atoms with Crippen LogP contribution < -0.4 is 10.1 Å². The van der Waals surface area contributed by atoms with E-state index in [1.165, 1.54) is 5.56 Å². The maximum Gasteiger partial charge on any atom is 0.263 e. The Hall–Kier alpha value is -2.89. The maximum atomic E-state index is 5.85. The fourth-order valence-corrected chi connectivity index (χ4v) is 2.13. The second kappa shape index (κ2) is 6.71. The van der Waals surface area contributed by atoms with Gasteiger partial charge in [0.05, 0.1) is 0 Å². The molecule has 3 rings (SSSR count). The Morgan fingerprint density at radius 3 is 2.77 bits per heavy atom. The van der Waals surface area contributed by atoms with Crippen LogP contribution in [0.4, 0.5) is 5.95 Å². The van der Waals surface area contributed by atoms with Gasteiger partial charge in [-0.25, -0.2) is 0 Å². The Balaban J connectivity index is 1.59. The standard InChI is InChI=1S/C16H17N5O/c1-12-4-2-6-14(8-12)11-22-15-7-3-5-13(9-15)10-17-16-18-20-21-19-16/h2-9H,10-11H2,1H3,(H2,17,18,19,20,21). The number of nitrogens with zero attached hydrogens (tertiary/aromatic N) is 3. The average Bonchev–Trinajstić information content (AvgIpc) is 3.05. The topological polar surface area (TPSA) is 75.7 Å². The molecule has 1 aromatic heterocycles. The van der Waals surface area contributed by atoms with E-state index in [2.05, 4.69) is 51.1 Å². The van der Waals surface area contributed by atoms with E-state index in [1.807, 2.05) is 30.3 Å². The van der Waals surface area contributed by atoms with Crippen LogP contribution in [0.1, 0.15) is 16.7 Å². The number of hydrogen-bond donors (Lipinski definition) is 2. The van der Waals surface area contributed by atoms with Crippen molar-refractivity contribution in [2.75, 3.05) is 5.32 Å². The van der Waals surface area contributed by atoms with Gasteiger partial charge in [-0.1, -0.05) is 47.1 Å². The lowest BCUT2D eigenvalue weighted by molar-refractivity contribution is 0.306. The van der Waals surface area contributed by atoms with Crippen LogP contribution in [-0.2, 0) is 13.2 Å². The average molecular weight is 295 g/mol. The van der Waals surface area contributed by atoms with Gasteiger partial charge in [0.25, 0.3) is 5.95 Å². The maximum absolute atomic E-state index is 5.85. The van der Waals surface area contributed by atoms with E-state index in [0.717, 1.165) is 16.9 Å². The first-order chi connectivity index (χ1) is 10.8. The normalized spacial score (nSPS) is 10.4. The van der Waals surface area contributed by atoms with Crippen molar-refractivity contribution in [2.24, 2.45) is 0 Å². The van der Waals surface area contributed by atoms with E-state index < -0.39 is 0 Å². The number of nitrogens with one attached hydrogen (secondary N) is 2. The quantitative estimate of drug-likeness (QED) is 0.731. The minimum atomic E-state index is 0.478. The van der Waals surface area contributed by atoms with Crippen molar-refractivity contribution in [3.05, 3.63) is 65.2 Å². The number of ether oxygens (including phenoxy) is 1. The molecule has 6 nitrogen and oxygen atoms in total. The largest absolute Gasteiger partial charge is 0.489 e. The molecule has 0 bridgehead atoms. The van der Waals surface area contributed by atoms with Gasteiger partial charge < -0.3 is 10.1 Å². The van der Waals surface area contributed by atoms with Gasteiger partial charge in [0.2, 0.25) is 0 Å². The van der Waals surface area contributed by atoms with E-state index in [-0.39, 0.29) is 0 Å². The van der Waals surface area contributed by atoms with Crippen LogP contribution in [0, 0.1) is 6.92 Å². The molecule has 3 aromatic rings. The molecule has 0 aliphatic heterocycles. The molecule has 0 spiro atoms. The van der Waals surface area contributed by atoms with Crippen molar-refractivity contribution >= 4 is 5.95 Å². The molecule has 112 valence electrons. The Labute approximate surface area is 128 Å². The molecule has 0 aliphatic carbocycles. The Morgan fingerprint density at radius 1 is 1.09 bits per heavy atom. The van der Waals surface area contributed by atoms with Gasteiger partial charge in [0.1, 0.15) is 12.4 Å². The number of benzene rings is 2. The number of hydrogen-bond acceptors (Lipinski definition) is 5. The van der Waals surface area contributed by atoms with Crippen LogP contribution in [-0.4, -0.2) is 20.6 Å². The summed E-state index contributed by atoms with van der Waals surface area (Å²) in [6, 6.07) is 16.3. The molecule has 0 aliphatic rings. The highest BCUT2D eigenvalue weighted by molar-refractivity contribution is 5.32. The second-order valence-corrected chi connectivity index (χ2v) is 5.01. The van der Waals surface area contributed by atoms with E-state index >= 15 is 0 Å². The van der Waals surface area contributed by atoms with Crippen molar-refractivity contribution in [2.45, 2.75) is 20.1 Å². The van der Waals surface area contributed by atoms with Crippen molar-refractivity contribution in [1.29, 1.82) is 0 Å². The summed E-state index contributed by atoms with van der Waals surface area (Å²) in [5.41, 5.74) is 3.49. The zero-order valence-electron chi connectivity index (χ0n) is 12.3. The van der Waals surface area contributed by atoms with Gasteiger partial charge >= 0.3 is 0 Å². The van der Waals surface area contributed by atoms with E-state index in [1.54, 1.807) is 0 Å². The molecule has 0 unspecified atom stereocenters. The van der Waals surface area contributed by atoms with Gasteiger partial charge in [-0.3, -0.25) is 0 Å². The molecule has 2 N–H and O–H groups in total. The van der Waals surface area contributed by atoms with Crippen LogP contribution >= 0.6 is 0 Å². The summed E-state index contributed by atoms with van der Waals surface area (Å²) in [6.07, 6.45) is 0. The lowest BCUT2D eigenvalue weighted by Gasteiger charge is -2.09. The summed E-state index contributed by atoms with van der Waals surface area (Å²) in [6.45, 7) is 3.25. The molecule has 0 amide bonds. The second-order valence-electron chi connectivity index (χ2n) is 5.01. The molecule has 1 heterocycles. The van der Waals surface area contributed by atoms with Gasteiger partial charge in [0, 0.05) is 6.54 Å². The molecule has 0 atom stereocenters. The lowest BCUT2D eigenvalue weighted by Crippen LogP contribution is -2.02. The summed E-state index contributed by atoms with van der Waals surface area (Å²) in [5, 5.41) is 16.7. The van der Waals surface area contributed by atoms with Crippen LogP contribution in [0.15, 0.2) is 48.5 Å². The van der Waals surface area contributed by atoms with Crippen molar-refractivity contribution in [1.82, 2.24) is 20.6 Å². The summed E-state index contributed by atoms with van der Waals surface area (Å²) in [7, 11) is 0. The number of tetrazole rings is 1. The molecular formula is C16H17N5O. The van der Waals surface area contributed by atoms with Gasteiger partial charge in [-0.15, -0.1) is 5.10 Å². The highest BCUT2D eigenvalue weighted by atomic mass is 16.5. The van der Waals surface area contributed by atoms with Crippen molar-refractivity contribution in [3.8, 4) is 5.75 Å². The number of aromatic nitrogens is 4. The minimum Gasteiger partial charge on any atom is -0.489 e. The van der Waals surface area contributed by atoms with Crippen LogP contribution in [0.3, 0.4) is 0 Å². The van der Waals surface area contributed by atoms with Crippen molar-refractivity contribution in [3.63, 3.8) is 0 Å². The predicted molar refractivity (Wildman–Crippen MR) is 83.5 cm³/mol. The molecule has 0 saturated carbocycles. The highest BCUT2D eigenvalue weighted by Crippen LogP contribution is 2.16. The first-order valence-electron chi connectivity index (χ1n) is 7.04. The van der Waals surface area contributed by atoms with Crippen LogP contribution in [0.5, 0.6) is 5.75 Å². The summed E-state index contributed by atoms with van der Waals surface area (Å²) < 4.78 is 5.85. The molecule has 0 fully saturated rings. The first-order valence-corrected chi connectivity index (χ1v) is 7.04. The fraction of sp³-hybridized carbons (Fsp3) is 0.188. The molecular weight excluding hydrogens is 278 g/mol. The third-order valence-corrected chi connectivity index (χ3v) is 3.18. The van der Waals surface area contributed by atoms with Crippen molar-refractivity contribution < 1.29 is 4.74 Å². The third-order valence-electron chi connectivity index (χ3n) is 3.18. The van der Waals surface area contributed by atoms with E-state index in [0.29, 0.717) is 19.1 Å². The molecule has 0 saturated heterocycles. The number of H-pyrrole nitrogens is 1. The molecule has 2 aromatic carbocycles. The van der Waals surface area contributed by atoms with Gasteiger partial charge in [-0.2, -0.15) is 5.21 Å². The van der Waals surface area contributed by atoms with E-state index in [9.17, 15) is 0 Å². The van der Waals surface area contributed by atoms with Gasteiger partial charge in [0.15, 0.2) is 0 Å². The first kappa shape index (κ1) is 14.1. The number of aromatic amines is 1. The predicted octanol–water partition coefficient (Wildman–Crippen LogP) is 2.70. The Bertz CT molecular complexity index is 727. The lowest BCUT2D eigenvalue weighted by atomic mass is 10.1. The zero-order chi connectivity index (χ0) is 15.2. The zero-order valence-corrected chi connectivity index (χ0v) is 12.3. The summed E-state index contributed by atoms with van der Waals surface area (Å²) >= 11 is 0. The summed E-state index contributed by atoms with van der Waals surface area (Å²) in [4.78, 5) is 0. The highest BCUT2D eigenvalue weighted by Gasteiger charge is 2.01. The Kier molecular flexibility index (Phi) is 4.29. The summed E-state index contributed by atoms with van der Waals surface area (Å²) in [5.74, 6) is 1.32.